The fourth-order valence-electron chi connectivity index (χ4n) is 1.91. The number of Topliss-reactive ketones (excluding diaryl/α,β-unsaturated/α-hetero) is 1. The molecule has 0 radical (unpaired) electrons. The first kappa shape index (κ1) is 14.6. The van der Waals surface area contributed by atoms with Gasteiger partial charge >= 0.3 is 5.69 Å². The van der Waals surface area contributed by atoms with Crippen molar-refractivity contribution in [2.24, 2.45) is 0 Å². The Morgan fingerprint density at radius 1 is 1.19 bits per heavy atom. The molecule has 5 nitrogen and oxygen atoms in total. The van der Waals surface area contributed by atoms with Crippen molar-refractivity contribution in [2.75, 3.05) is 0 Å². The van der Waals surface area contributed by atoms with E-state index in [1.165, 1.54) is 31.2 Å². The Labute approximate surface area is 120 Å². The van der Waals surface area contributed by atoms with Crippen LogP contribution in [0.15, 0.2) is 36.4 Å². The van der Waals surface area contributed by atoms with Gasteiger partial charge in [-0.3, -0.25) is 14.9 Å². The summed E-state index contributed by atoms with van der Waals surface area (Å²) in [5.41, 5.74) is 0.224. The van der Waals surface area contributed by atoms with E-state index in [0.717, 1.165) is 6.07 Å². The number of ketones is 1. The van der Waals surface area contributed by atoms with Crippen LogP contribution in [0.5, 0.6) is 11.5 Å². The highest BCUT2D eigenvalue weighted by Gasteiger charge is 2.22. The zero-order valence-electron chi connectivity index (χ0n) is 11.4. The fourth-order valence-corrected chi connectivity index (χ4v) is 1.91. The number of para-hydroxylation sites is 2. The number of benzene rings is 2. The third kappa shape index (κ3) is 2.89. The molecule has 0 spiro atoms. The summed E-state index contributed by atoms with van der Waals surface area (Å²) in [6.45, 7) is 2.88. The van der Waals surface area contributed by atoms with Crippen molar-refractivity contribution in [1.29, 1.82) is 0 Å². The van der Waals surface area contributed by atoms with E-state index in [-0.39, 0.29) is 28.5 Å². The Morgan fingerprint density at radius 3 is 2.48 bits per heavy atom. The lowest BCUT2D eigenvalue weighted by atomic mass is 10.1. The van der Waals surface area contributed by atoms with Crippen LogP contribution < -0.4 is 4.74 Å². The van der Waals surface area contributed by atoms with Gasteiger partial charge in [-0.25, -0.2) is 4.39 Å². The molecular formula is C15H12FNO4. The number of aryl methyl sites for hydroxylation is 1. The number of rotatable bonds is 4. The van der Waals surface area contributed by atoms with E-state index in [0.29, 0.717) is 5.56 Å². The molecule has 2 rings (SSSR count). The van der Waals surface area contributed by atoms with Gasteiger partial charge in [-0.05, 0) is 31.5 Å². The van der Waals surface area contributed by atoms with Gasteiger partial charge in [-0.1, -0.05) is 18.2 Å². The van der Waals surface area contributed by atoms with Crippen molar-refractivity contribution in [2.45, 2.75) is 13.8 Å². The third-order valence-electron chi connectivity index (χ3n) is 2.94. The van der Waals surface area contributed by atoms with E-state index in [2.05, 4.69) is 0 Å². The Kier molecular flexibility index (Phi) is 3.98. The largest absolute Gasteiger partial charge is 0.446 e. The average molecular weight is 289 g/mol. The van der Waals surface area contributed by atoms with Crippen LogP contribution in [-0.4, -0.2) is 10.7 Å². The Hall–Kier alpha value is -2.76. The minimum Gasteiger partial charge on any atom is -0.446 e. The highest BCUT2D eigenvalue weighted by Crippen LogP contribution is 2.37. The van der Waals surface area contributed by atoms with Crippen molar-refractivity contribution in [3.63, 3.8) is 0 Å². The molecule has 0 N–H and O–H groups in total. The average Bonchev–Trinajstić information content (AvgIpc) is 2.42. The monoisotopic (exact) mass is 289 g/mol. The molecule has 0 aliphatic heterocycles. The summed E-state index contributed by atoms with van der Waals surface area (Å²) in [5.74, 6) is -1.52. The number of hydrogen-bond donors (Lipinski definition) is 0. The van der Waals surface area contributed by atoms with Gasteiger partial charge in [-0.2, -0.15) is 0 Å². The maximum atomic E-state index is 13.9. The Morgan fingerprint density at radius 2 is 1.86 bits per heavy atom. The second kappa shape index (κ2) is 5.70. The van der Waals surface area contributed by atoms with Crippen molar-refractivity contribution in [1.82, 2.24) is 0 Å². The third-order valence-corrected chi connectivity index (χ3v) is 2.94. The first-order chi connectivity index (χ1) is 9.91. The maximum absolute atomic E-state index is 13.9. The summed E-state index contributed by atoms with van der Waals surface area (Å²) in [4.78, 5) is 22.0. The van der Waals surface area contributed by atoms with Crippen molar-refractivity contribution >= 4 is 11.5 Å². The number of nitro groups is 1. The van der Waals surface area contributed by atoms with Crippen LogP contribution in [0.4, 0.5) is 10.1 Å². The van der Waals surface area contributed by atoms with Crippen LogP contribution in [-0.2, 0) is 0 Å². The summed E-state index contributed by atoms with van der Waals surface area (Å²) < 4.78 is 19.3. The molecule has 0 bridgehead atoms. The minimum absolute atomic E-state index is 0.0348. The molecule has 0 aliphatic rings. The molecule has 0 heterocycles. The molecule has 108 valence electrons. The molecule has 2 aromatic rings. The van der Waals surface area contributed by atoms with Crippen LogP contribution in [0.1, 0.15) is 22.8 Å². The molecule has 2 aromatic carbocycles. The molecular weight excluding hydrogens is 277 g/mol. The number of ether oxygens (including phenoxy) is 1. The SMILES string of the molecule is CC(=O)c1cccc(F)c1Oc1c(C)cccc1[N+](=O)[O-]. The van der Waals surface area contributed by atoms with Gasteiger partial charge in [0.2, 0.25) is 5.75 Å². The normalized spacial score (nSPS) is 10.2. The number of nitro benzene ring substituents is 1. The van der Waals surface area contributed by atoms with Gasteiger partial charge in [0.1, 0.15) is 0 Å². The first-order valence-electron chi connectivity index (χ1n) is 6.13. The van der Waals surface area contributed by atoms with E-state index in [4.69, 9.17) is 4.74 Å². The van der Waals surface area contributed by atoms with Crippen LogP contribution >= 0.6 is 0 Å². The molecule has 0 unspecified atom stereocenters. The van der Waals surface area contributed by atoms with E-state index in [1.807, 2.05) is 0 Å². The number of nitrogens with zero attached hydrogens (tertiary/aromatic N) is 1. The van der Waals surface area contributed by atoms with E-state index in [1.54, 1.807) is 13.0 Å². The van der Waals surface area contributed by atoms with Gasteiger partial charge < -0.3 is 4.74 Å². The molecule has 0 atom stereocenters. The molecule has 0 aromatic heterocycles. The topological polar surface area (TPSA) is 69.4 Å². The van der Waals surface area contributed by atoms with Crippen LogP contribution in [0.25, 0.3) is 0 Å². The zero-order chi connectivity index (χ0) is 15.6. The standard InChI is InChI=1S/C15H12FNO4/c1-9-5-3-8-13(17(19)20)14(9)21-15-11(10(2)18)6-4-7-12(15)16/h3-8H,1-2H3. The maximum Gasteiger partial charge on any atom is 0.311 e. The lowest BCUT2D eigenvalue weighted by molar-refractivity contribution is -0.385. The van der Waals surface area contributed by atoms with Crippen molar-refractivity contribution in [3.8, 4) is 11.5 Å². The van der Waals surface area contributed by atoms with Crippen LogP contribution in [0, 0.1) is 22.9 Å². The highest BCUT2D eigenvalue weighted by molar-refractivity contribution is 5.97. The van der Waals surface area contributed by atoms with Gasteiger partial charge in [0.05, 0.1) is 10.5 Å². The lowest BCUT2D eigenvalue weighted by Gasteiger charge is -2.12. The highest BCUT2D eigenvalue weighted by atomic mass is 19.1. The summed E-state index contributed by atoms with van der Waals surface area (Å²) in [7, 11) is 0. The van der Waals surface area contributed by atoms with Gasteiger partial charge in [-0.15, -0.1) is 0 Å². The van der Waals surface area contributed by atoms with Gasteiger partial charge in [0.25, 0.3) is 0 Å². The molecule has 0 fully saturated rings. The number of halogens is 1. The smallest absolute Gasteiger partial charge is 0.311 e. The minimum atomic E-state index is -0.750. The first-order valence-corrected chi connectivity index (χ1v) is 6.13. The predicted octanol–water partition coefficient (Wildman–Crippen LogP) is 4.04. The molecule has 6 heteroatoms. The predicted molar refractivity (Wildman–Crippen MR) is 74.3 cm³/mol. The fraction of sp³-hybridized carbons (Fsp3) is 0.133. The Balaban J connectivity index is 2.59. The van der Waals surface area contributed by atoms with E-state index >= 15 is 0 Å². The molecule has 0 saturated carbocycles. The summed E-state index contributed by atoms with van der Waals surface area (Å²) in [6, 6.07) is 8.29. The summed E-state index contributed by atoms with van der Waals surface area (Å²) in [6.07, 6.45) is 0. The number of carbonyl (C=O) groups excluding carboxylic acids is 1. The molecule has 0 saturated heterocycles. The van der Waals surface area contributed by atoms with Crippen molar-refractivity contribution in [3.05, 3.63) is 63.5 Å². The van der Waals surface area contributed by atoms with Gasteiger partial charge in [0, 0.05) is 6.07 Å². The lowest BCUT2D eigenvalue weighted by Crippen LogP contribution is -2.02. The summed E-state index contributed by atoms with van der Waals surface area (Å²) >= 11 is 0. The second-order valence-electron chi connectivity index (χ2n) is 4.46. The van der Waals surface area contributed by atoms with E-state index < -0.39 is 10.7 Å². The van der Waals surface area contributed by atoms with Crippen LogP contribution in [0.3, 0.4) is 0 Å². The van der Waals surface area contributed by atoms with Crippen LogP contribution in [0.2, 0.25) is 0 Å². The Bertz CT molecular complexity index is 666. The van der Waals surface area contributed by atoms with E-state index in [9.17, 15) is 19.3 Å². The van der Waals surface area contributed by atoms with Gasteiger partial charge in [0.15, 0.2) is 17.3 Å². The quantitative estimate of drug-likeness (QED) is 0.484. The number of hydrogen-bond acceptors (Lipinski definition) is 4. The molecule has 0 aliphatic carbocycles. The van der Waals surface area contributed by atoms with Crippen molar-refractivity contribution < 1.29 is 18.8 Å². The number of carbonyl (C=O) groups is 1. The zero-order valence-corrected chi connectivity index (χ0v) is 11.4. The molecule has 21 heavy (non-hydrogen) atoms. The second-order valence-corrected chi connectivity index (χ2v) is 4.46. The summed E-state index contributed by atoms with van der Waals surface area (Å²) in [5, 5.41) is 11.0. The molecule has 0 amide bonds.